The summed E-state index contributed by atoms with van der Waals surface area (Å²) >= 11 is 0. The van der Waals surface area contributed by atoms with E-state index in [4.69, 9.17) is 0 Å². The molecule has 0 radical (unpaired) electrons. The average molecular weight is 211 g/mol. The number of rotatable bonds is 1. The minimum Gasteiger partial charge on any atom is -0.251 e. The lowest BCUT2D eigenvalue weighted by Crippen LogP contribution is -2.05. The molecule has 0 amide bonds. The molecule has 0 aliphatic heterocycles. The van der Waals surface area contributed by atoms with Crippen LogP contribution in [0.1, 0.15) is 24.1 Å². The van der Waals surface area contributed by atoms with Crippen molar-refractivity contribution in [2.75, 3.05) is 0 Å². The molecular weight excluding hydrogens is 198 g/mol. The minimum absolute atomic E-state index is 0.857. The zero-order valence-corrected chi connectivity index (χ0v) is 9.06. The van der Waals surface area contributed by atoms with Crippen LogP contribution in [-0.2, 0) is 12.8 Å². The summed E-state index contributed by atoms with van der Waals surface area (Å²) in [5.74, 6) is 0. The molecule has 0 fully saturated rings. The van der Waals surface area contributed by atoms with Gasteiger partial charge in [-0.15, -0.1) is 5.10 Å². The Labute approximate surface area is 94.6 Å². The van der Waals surface area contributed by atoms with Crippen LogP contribution >= 0.6 is 0 Å². The molecule has 0 unspecified atom stereocenters. The van der Waals surface area contributed by atoms with Crippen LogP contribution in [0.3, 0.4) is 0 Å². The third kappa shape index (κ3) is 1.69. The first-order valence-electron chi connectivity index (χ1n) is 5.70. The Morgan fingerprint density at radius 3 is 2.75 bits per heavy atom. The SMILES string of the molecule is c1cnnc(-c2ccc3c(n2)CCCC3)c1. The fraction of sp³-hybridized carbons (Fsp3) is 0.308. The third-order valence-electron chi connectivity index (χ3n) is 3.01. The van der Waals surface area contributed by atoms with Gasteiger partial charge >= 0.3 is 0 Å². The van der Waals surface area contributed by atoms with Crippen LogP contribution in [0.2, 0.25) is 0 Å². The molecule has 1 aliphatic carbocycles. The van der Waals surface area contributed by atoms with Crippen LogP contribution in [0.5, 0.6) is 0 Å². The number of pyridine rings is 1. The van der Waals surface area contributed by atoms with E-state index in [2.05, 4.69) is 21.2 Å². The summed E-state index contributed by atoms with van der Waals surface area (Å²) in [5, 5.41) is 7.97. The summed E-state index contributed by atoms with van der Waals surface area (Å²) in [6.45, 7) is 0. The molecule has 0 bridgehead atoms. The number of fused-ring (bicyclic) bond motifs is 1. The van der Waals surface area contributed by atoms with E-state index in [1.807, 2.05) is 18.2 Å². The van der Waals surface area contributed by atoms with Gasteiger partial charge in [-0.3, -0.25) is 4.98 Å². The van der Waals surface area contributed by atoms with Gasteiger partial charge in [0.15, 0.2) is 0 Å². The number of hydrogen-bond donors (Lipinski definition) is 0. The van der Waals surface area contributed by atoms with Crippen LogP contribution in [0.25, 0.3) is 11.4 Å². The number of aryl methyl sites for hydroxylation is 2. The van der Waals surface area contributed by atoms with Gasteiger partial charge < -0.3 is 0 Å². The Kier molecular flexibility index (Phi) is 2.37. The quantitative estimate of drug-likeness (QED) is 0.727. The predicted octanol–water partition coefficient (Wildman–Crippen LogP) is 2.42. The van der Waals surface area contributed by atoms with Crippen molar-refractivity contribution in [1.82, 2.24) is 15.2 Å². The van der Waals surface area contributed by atoms with Gasteiger partial charge in [0.25, 0.3) is 0 Å². The van der Waals surface area contributed by atoms with Gasteiger partial charge in [0.05, 0.1) is 5.69 Å². The van der Waals surface area contributed by atoms with Crippen molar-refractivity contribution in [3.05, 3.63) is 41.7 Å². The molecule has 1 aliphatic rings. The Bertz CT molecular complexity index is 494. The largest absolute Gasteiger partial charge is 0.251 e. The molecular formula is C13H13N3. The maximum Gasteiger partial charge on any atom is 0.111 e. The molecule has 3 heteroatoms. The highest BCUT2D eigenvalue weighted by atomic mass is 15.1. The molecule has 0 saturated carbocycles. The van der Waals surface area contributed by atoms with E-state index >= 15 is 0 Å². The van der Waals surface area contributed by atoms with Crippen LogP contribution in [0.4, 0.5) is 0 Å². The molecule has 0 atom stereocenters. The Hall–Kier alpha value is -1.77. The summed E-state index contributed by atoms with van der Waals surface area (Å²) in [4.78, 5) is 4.68. The van der Waals surface area contributed by atoms with E-state index in [0.717, 1.165) is 17.8 Å². The van der Waals surface area contributed by atoms with Gasteiger partial charge in [-0.05, 0) is 49.4 Å². The zero-order chi connectivity index (χ0) is 10.8. The molecule has 16 heavy (non-hydrogen) atoms. The molecule has 0 spiro atoms. The van der Waals surface area contributed by atoms with E-state index in [1.54, 1.807) is 6.20 Å². The van der Waals surface area contributed by atoms with E-state index in [-0.39, 0.29) is 0 Å². The van der Waals surface area contributed by atoms with Crippen molar-refractivity contribution in [2.45, 2.75) is 25.7 Å². The lowest BCUT2D eigenvalue weighted by Gasteiger charge is -2.14. The van der Waals surface area contributed by atoms with Crippen molar-refractivity contribution in [3.63, 3.8) is 0 Å². The maximum absolute atomic E-state index is 4.68. The minimum atomic E-state index is 0.857. The second-order valence-electron chi connectivity index (χ2n) is 4.12. The van der Waals surface area contributed by atoms with Gasteiger partial charge in [-0.25, -0.2) is 0 Å². The number of aromatic nitrogens is 3. The maximum atomic E-state index is 4.68. The highest BCUT2D eigenvalue weighted by Gasteiger charge is 2.11. The zero-order valence-electron chi connectivity index (χ0n) is 9.06. The molecule has 2 aromatic heterocycles. The molecule has 2 heterocycles. The van der Waals surface area contributed by atoms with E-state index < -0.39 is 0 Å². The normalized spacial score (nSPS) is 14.5. The van der Waals surface area contributed by atoms with Crippen molar-refractivity contribution in [3.8, 4) is 11.4 Å². The third-order valence-corrected chi connectivity index (χ3v) is 3.01. The molecule has 3 rings (SSSR count). The first kappa shape index (κ1) is 9.46. The lowest BCUT2D eigenvalue weighted by atomic mass is 9.96. The number of hydrogen-bond acceptors (Lipinski definition) is 3. The van der Waals surface area contributed by atoms with E-state index in [0.29, 0.717) is 0 Å². The second-order valence-corrected chi connectivity index (χ2v) is 4.12. The van der Waals surface area contributed by atoms with Crippen molar-refractivity contribution in [1.29, 1.82) is 0 Å². The summed E-state index contributed by atoms with van der Waals surface area (Å²) in [6.07, 6.45) is 6.50. The Morgan fingerprint density at radius 1 is 0.938 bits per heavy atom. The molecule has 2 aromatic rings. The first-order chi connectivity index (χ1) is 7.93. The van der Waals surface area contributed by atoms with Gasteiger partial charge in [0, 0.05) is 11.9 Å². The van der Waals surface area contributed by atoms with E-state index in [1.165, 1.54) is 30.5 Å². The van der Waals surface area contributed by atoms with Gasteiger partial charge in [0.1, 0.15) is 5.69 Å². The van der Waals surface area contributed by atoms with Crippen LogP contribution < -0.4 is 0 Å². The molecule has 0 aromatic carbocycles. The molecule has 0 N–H and O–H groups in total. The standard InChI is InChI=1S/C13H13N3/c1-2-5-11-10(4-1)7-8-12(15-11)13-6-3-9-14-16-13/h3,6-9H,1-2,4-5H2. The smallest absolute Gasteiger partial charge is 0.111 e. The summed E-state index contributed by atoms with van der Waals surface area (Å²) in [5.41, 5.74) is 4.44. The van der Waals surface area contributed by atoms with Crippen LogP contribution in [0.15, 0.2) is 30.5 Å². The fourth-order valence-corrected chi connectivity index (χ4v) is 2.16. The van der Waals surface area contributed by atoms with E-state index in [9.17, 15) is 0 Å². The first-order valence-corrected chi connectivity index (χ1v) is 5.70. The molecule has 0 saturated heterocycles. The Balaban J connectivity index is 2.03. The van der Waals surface area contributed by atoms with Gasteiger partial charge in [-0.2, -0.15) is 5.10 Å². The topological polar surface area (TPSA) is 38.7 Å². The van der Waals surface area contributed by atoms with Crippen molar-refractivity contribution in [2.24, 2.45) is 0 Å². The predicted molar refractivity (Wildman–Crippen MR) is 61.9 cm³/mol. The highest BCUT2D eigenvalue weighted by molar-refractivity contribution is 5.54. The van der Waals surface area contributed by atoms with Crippen LogP contribution in [-0.4, -0.2) is 15.2 Å². The summed E-state index contributed by atoms with van der Waals surface area (Å²) < 4.78 is 0. The number of nitrogens with zero attached hydrogens (tertiary/aromatic N) is 3. The molecule has 3 nitrogen and oxygen atoms in total. The fourth-order valence-electron chi connectivity index (χ4n) is 2.16. The van der Waals surface area contributed by atoms with Crippen molar-refractivity contribution >= 4 is 0 Å². The van der Waals surface area contributed by atoms with Gasteiger partial charge in [-0.1, -0.05) is 6.07 Å². The monoisotopic (exact) mass is 211 g/mol. The average Bonchev–Trinajstić information content (AvgIpc) is 2.39. The van der Waals surface area contributed by atoms with Crippen LogP contribution in [0, 0.1) is 0 Å². The highest BCUT2D eigenvalue weighted by Crippen LogP contribution is 2.22. The van der Waals surface area contributed by atoms with Gasteiger partial charge in [0.2, 0.25) is 0 Å². The second kappa shape index (κ2) is 4.00. The Morgan fingerprint density at radius 2 is 1.88 bits per heavy atom. The molecule has 80 valence electrons. The summed E-state index contributed by atoms with van der Waals surface area (Å²) in [7, 11) is 0. The lowest BCUT2D eigenvalue weighted by molar-refractivity contribution is 0.668. The summed E-state index contributed by atoms with van der Waals surface area (Å²) in [6, 6.07) is 8.08. The van der Waals surface area contributed by atoms with Crippen molar-refractivity contribution < 1.29 is 0 Å².